The van der Waals surface area contributed by atoms with Crippen LogP contribution in [0.1, 0.15) is 26.2 Å². The third-order valence-corrected chi connectivity index (χ3v) is 2.04. The molecule has 0 spiro atoms. The van der Waals surface area contributed by atoms with Crippen LogP contribution in [-0.4, -0.2) is 0 Å². The molecule has 0 heterocycles. The average Bonchev–Trinajstić information content (AvgIpc) is 2.11. The molecular weight excluding hydrogens is 175 g/mol. The molecule has 0 aromatic heterocycles. The molecular formula is C12H19P. The Kier molecular flexibility index (Phi) is 9.03. The summed E-state index contributed by atoms with van der Waals surface area (Å²) in [7, 11) is 2.73. The maximum Gasteiger partial charge on any atom is -0.0104 e. The number of allylic oxidation sites excluding steroid dienone is 7. The van der Waals surface area contributed by atoms with Crippen LogP contribution in [0.2, 0.25) is 0 Å². The van der Waals surface area contributed by atoms with Crippen LogP contribution in [0.4, 0.5) is 0 Å². The molecule has 0 saturated carbocycles. The van der Waals surface area contributed by atoms with Gasteiger partial charge in [-0.05, 0) is 26.2 Å². The maximum atomic E-state index is 3.69. The zero-order valence-corrected chi connectivity index (χ0v) is 9.52. The summed E-state index contributed by atoms with van der Waals surface area (Å²) in [5.41, 5.74) is 0. The summed E-state index contributed by atoms with van der Waals surface area (Å²) in [5, 5.41) is 1.31. The van der Waals surface area contributed by atoms with Crippen molar-refractivity contribution in [3.8, 4) is 0 Å². The molecule has 0 amide bonds. The zero-order valence-electron chi connectivity index (χ0n) is 8.37. The predicted molar refractivity (Wildman–Crippen MR) is 65.8 cm³/mol. The highest BCUT2D eigenvalue weighted by molar-refractivity contribution is 7.22. The molecule has 0 N–H and O–H groups in total. The standard InChI is InChI=1S/C12H19P/c1-3-5-6-7-8-9-11-12(13)10-4-2/h3-5,7-8,11H,2,6,9-10,13H2,1H3. The first-order valence-corrected chi connectivity index (χ1v) is 5.20. The molecule has 0 saturated heterocycles. The van der Waals surface area contributed by atoms with Gasteiger partial charge in [-0.15, -0.1) is 15.8 Å². The lowest BCUT2D eigenvalue weighted by molar-refractivity contribution is 1.26. The first kappa shape index (κ1) is 12.4. The number of rotatable bonds is 6. The van der Waals surface area contributed by atoms with Crippen molar-refractivity contribution in [3.05, 3.63) is 48.3 Å². The maximum absolute atomic E-state index is 3.69. The Hall–Kier alpha value is -0.610. The summed E-state index contributed by atoms with van der Waals surface area (Å²) in [6.07, 6.45) is 15.7. The Morgan fingerprint density at radius 1 is 1.23 bits per heavy atom. The van der Waals surface area contributed by atoms with Crippen molar-refractivity contribution in [3.63, 3.8) is 0 Å². The fourth-order valence-electron chi connectivity index (χ4n) is 0.877. The highest BCUT2D eigenvalue weighted by atomic mass is 31.0. The smallest absolute Gasteiger partial charge is 0.0104 e. The summed E-state index contributed by atoms with van der Waals surface area (Å²) in [4.78, 5) is 0. The van der Waals surface area contributed by atoms with Crippen LogP contribution in [0.3, 0.4) is 0 Å². The van der Waals surface area contributed by atoms with Gasteiger partial charge in [0.15, 0.2) is 0 Å². The van der Waals surface area contributed by atoms with Crippen molar-refractivity contribution < 1.29 is 0 Å². The van der Waals surface area contributed by atoms with E-state index in [4.69, 9.17) is 0 Å². The van der Waals surface area contributed by atoms with E-state index >= 15 is 0 Å². The topological polar surface area (TPSA) is 0 Å². The highest BCUT2D eigenvalue weighted by Crippen LogP contribution is 2.11. The van der Waals surface area contributed by atoms with Gasteiger partial charge in [-0.25, -0.2) is 0 Å². The first-order chi connectivity index (χ1) is 6.31. The second-order valence-electron chi connectivity index (χ2n) is 2.78. The minimum absolute atomic E-state index is 0.966. The molecule has 1 atom stereocenters. The summed E-state index contributed by atoms with van der Waals surface area (Å²) >= 11 is 0. The van der Waals surface area contributed by atoms with Crippen LogP contribution in [0.5, 0.6) is 0 Å². The molecule has 1 unspecified atom stereocenters. The molecule has 1 heteroatoms. The molecule has 0 aromatic rings. The molecule has 0 bridgehead atoms. The van der Waals surface area contributed by atoms with Crippen LogP contribution in [0, 0.1) is 0 Å². The van der Waals surface area contributed by atoms with Crippen LogP contribution in [0.25, 0.3) is 0 Å². The first-order valence-electron chi connectivity index (χ1n) is 4.62. The van der Waals surface area contributed by atoms with Gasteiger partial charge in [0.25, 0.3) is 0 Å². The highest BCUT2D eigenvalue weighted by Gasteiger charge is 1.81. The Morgan fingerprint density at radius 3 is 2.54 bits per heavy atom. The van der Waals surface area contributed by atoms with Crippen molar-refractivity contribution in [2.45, 2.75) is 26.2 Å². The summed E-state index contributed by atoms with van der Waals surface area (Å²) in [6, 6.07) is 0. The predicted octanol–water partition coefficient (Wildman–Crippen LogP) is 4.23. The van der Waals surface area contributed by atoms with Crippen molar-refractivity contribution in [1.82, 2.24) is 0 Å². The van der Waals surface area contributed by atoms with E-state index in [1.807, 2.05) is 13.0 Å². The number of hydrogen-bond acceptors (Lipinski definition) is 0. The summed E-state index contributed by atoms with van der Waals surface area (Å²) in [6.45, 7) is 5.73. The third kappa shape index (κ3) is 9.30. The molecule has 0 aliphatic heterocycles. The SMILES string of the molecule is C=CCC(P)=CCC=CCC=CC. The van der Waals surface area contributed by atoms with Crippen LogP contribution in [0.15, 0.2) is 48.3 Å². The fraction of sp³-hybridized carbons (Fsp3) is 0.333. The van der Waals surface area contributed by atoms with Crippen molar-refractivity contribution in [1.29, 1.82) is 0 Å². The Labute approximate surface area is 84.3 Å². The van der Waals surface area contributed by atoms with Gasteiger partial charge < -0.3 is 0 Å². The molecule has 0 aromatic carbocycles. The second kappa shape index (κ2) is 9.48. The average molecular weight is 194 g/mol. The quantitative estimate of drug-likeness (QED) is 0.438. The molecule has 0 fully saturated rings. The lowest BCUT2D eigenvalue weighted by atomic mass is 10.2. The van der Waals surface area contributed by atoms with Gasteiger partial charge >= 0.3 is 0 Å². The van der Waals surface area contributed by atoms with E-state index < -0.39 is 0 Å². The Morgan fingerprint density at radius 2 is 1.92 bits per heavy atom. The summed E-state index contributed by atoms with van der Waals surface area (Å²) < 4.78 is 0. The lowest BCUT2D eigenvalue weighted by Gasteiger charge is -1.91. The summed E-state index contributed by atoms with van der Waals surface area (Å²) in [5.74, 6) is 0. The molecule has 72 valence electrons. The number of hydrogen-bond donors (Lipinski definition) is 0. The van der Waals surface area contributed by atoms with Gasteiger partial charge in [0.05, 0.1) is 0 Å². The molecule has 0 aliphatic rings. The normalized spacial score (nSPS) is 12.9. The van der Waals surface area contributed by atoms with Gasteiger partial charge in [0.1, 0.15) is 0 Å². The third-order valence-electron chi connectivity index (χ3n) is 1.57. The van der Waals surface area contributed by atoms with E-state index in [2.05, 4.69) is 46.2 Å². The van der Waals surface area contributed by atoms with E-state index in [0.29, 0.717) is 0 Å². The minimum Gasteiger partial charge on any atom is -0.110 e. The van der Waals surface area contributed by atoms with Crippen molar-refractivity contribution in [2.24, 2.45) is 0 Å². The largest absolute Gasteiger partial charge is 0.110 e. The molecule has 13 heavy (non-hydrogen) atoms. The molecule has 0 radical (unpaired) electrons. The molecule has 0 rings (SSSR count). The van der Waals surface area contributed by atoms with Crippen LogP contribution >= 0.6 is 9.24 Å². The van der Waals surface area contributed by atoms with Gasteiger partial charge in [0.2, 0.25) is 0 Å². The fourth-order valence-corrected chi connectivity index (χ4v) is 1.18. The molecule has 0 nitrogen and oxygen atoms in total. The lowest BCUT2D eigenvalue weighted by Crippen LogP contribution is -1.67. The van der Waals surface area contributed by atoms with Crippen molar-refractivity contribution in [2.75, 3.05) is 0 Å². The minimum atomic E-state index is 0.966. The molecule has 0 aliphatic carbocycles. The van der Waals surface area contributed by atoms with Gasteiger partial charge in [-0.3, -0.25) is 0 Å². The monoisotopic (exact) mass is 194 g/mol. The van der Waals surface area contributed by atoms with E-state index in [1.165, 1.54) is 5.31 Å². The zero-order chi connectivity index (χ0) is 9.94. The van der Waals surface area contributed by atoms with Crippen LogP contribution in [-0.2, 0) is 0 Å². The van der Waals surface area contributed by atoms with E-state index in [9.17, 15) is 0 Å². The van der Waals surface area contributed by atoms with Gasteiger partial charge in [-0.2, -0.15) is 0 Å². The van der Waals surface area contributed by atoms with Crippen molar-refractivity contribution >= 4 is 9.24 Å². The van der Waals surface area contributed by atoms with E-state index in [1.54, 1.807) is 0 Å². The Balaban J connectivity index is 3.58. The van der Waals surface area contributed by atoms with E-state index in [0.717, 1.165) is 19.3 Å². The van der Waals surface area contributed by atoms with Gasteiger partial charge in [-0.1, -0.05) is 41.8 Å². The second-order valence-corrected chi connectivity index (χ2v) is 3.53. The Bertz CT molecular complexity index is 209. The van der Waals surface area contributed by atoms with Gasteiger partial charge in [0, 0.05) is 0 Å². The van der Waals surface area contributed by atoms with E-state index in [-0.39, 0.29) is 0 Å². The van der Waals surface area contributed by atoms with Crippen LogP contribution < -0.4 is 0 Å².